The van der Waals surface area contributed by atoms with Crippen LogP contribution >= 0.6 is 0 Å². The summed E-state index contributed by atoms with van der Waals surface area (Å²) >= 11 is 0. The molecular weight excluding hydrogens is 398 g/mol. The number of amides is 2. The quantitative estimate of drug-likeness (QED) is 0.152. The molecule has 0 unspecified atom stereocenters. The number of carbonyl (C=O) groups excluding carboxylic acids is 4. The van der Waals surface area contributed by atoms with Gasteiger partial charge in [0.25, 0.3) is 11.8 Å². The molecule has 7 nitrogen and oxygen atoms in total. The van der Waals surface area contributed by atoms with Crippen molar-refractivity contribution < 1.29 is 28.8 Å². The number of esters is 1. The molecule has 0 atom stereocenters. The van der Waals surface area contributed by atoms with E-state index in [1.165, 1.54) is 71.3 Å². The summed E-state index contributed by atoms with van der Waals surface area (Å²) in [5.41, 5.74) is 0. The van der Waals surface area contributed by atoms with Crippen molar-refractivity contribution in [2.24, 2.45) is 0 Å². The van der Waals surface area contributed by atoms with Crippen LogP contribution in [0.25, 0.3) is 0 Å². The summed E-state index contributed by atoms with van der Waals surface area (Å²) in [4.78, 5) is 50.3. The maximum absolute atomic E-state index is 11.7. The number of unbranched alkanes of at least 4 members (excludes halogenated alkanes) is 14. The maximum atomic E-state index is 11.7. The number of nitrogens with zero attached hydrogens (tertiary/aromatic N) is 1. The summed E-state index contributed by atoms with van der Waals surface area (Å²) in [6.45, 7) is 0. The van der Waals surface area contributed by atoms with Crippen LogP contribution in [0, 0.1) is 0 Å². The first-order valence-corrected chi connectivity index (χ1v) is 12.2. The third kappa shape index (κ3) is 13.9. The standard InChI is InChI=1S/C24H41NO6/c1-30-23(28)17-15-13-11-9-7-5-3-2-4-6-8-10-12-14-16-18-24(29)31-25-21(26)19-20-22(25)27/h2-20H2,1H3. The second kappa shape index (κ2) is 17.7. The van der Waals surface area contributed by atoms with Gasteiger partial charge in [0.2, 0.25) is 0 Å². The van der Waals surface area contributed by atoms with Crippen LogP contribution in [0.4, 0.5) is 0 Å². The molecule has 2 amide bonds. The van der Waals surface area contributed by atoms with E-state index in [9.17, 15) is 19.2 Å². The smallest absolute Gasteiger partial charge is 0.333 e. The average molecular weight is 440 g/mol. The largest absolute Gasteiger partial charge is 0.469 e. The fraction of sp³-hybridized carbons (Fsp3) is 0.833. The highest BCUT2D eigenvalue weighted by molar-refractivity contribution is 6.01. The monoisotopic (exact) mass is 439 g/mol. The minimum absolute atomic E-state index is 0.102. The van der Waals surface area contributed by atoms with Gasteiger partial charge in [-0.15, -0.1) is 5.06 Å². The van der Waals surface area contributed by atoms with E-state index in [1.807, 2.05) is 0 Å². The van der Waals surface area contributed by atoms with Crippen molar-refractivity contribution in [2.45, 2.75) is 122 Å². The SMILES string of the molecule is COC(=O)CCCCCCCCCCCCCCCCCC(=O)ON1C(=O)CCC1=O. The number of rotatable bonds is 19. The molecule has 0 spiro atoms. The Morgan fingerprint density at radius 3 is 1.29 bits per heavy atom. The molecule has 1 aliphatic rings. The Hall–Kier alpha value is -1.92. The van der Waals surface area contributed by atoms with Gasteiger partial charge in [-0.05, 0) is 12.8 Å². The van der Waals surface area contributed by atoms with Crippen LogP contribution in [0.5, 0.6) is 0 Å². The Morgan fingerprint density at radius 1 is 0.613 bits per heavy atom. The molecule has 0 N–H and O–H groups in total. The molecule has 0 aliphatic carbocycles. The van der Waals surface area contributed by atoms with Crippen molar-refractivity contribution >= 4 is 23.8 Å². The molecule has 1 fully saturated rings. The van der Waals surface area contributed by atoms with Crippen LogP contribution in [0.2, 0.25) is 0 Å². The summed E-state index contributed by atoms with van der Waals surface area (Å²) in [7, 11) is 1.44. The lowest BCUT2D eigenvalue weighted by Gasteiger charge is -2.12. The van der Waals surface area contributed by atoms with E-state index < -0.39 is 17.8 Å². The second-order valence-corrected chi connectivity index (χ2v) is 8.42. The third-order valence-electron chi connectivity index (χ3n) is 5.69. The van der Waals surface area contributed by atoms with E-state index in [-0.39, 0.29) is 25.2 Å². The van der Waals surface area contributed by atoms with E-state index in [4.69, 9.17) is 4.84 Å². The van der Waals surface area contributed by atoms with Gasteiger partial charge in [0.05, 0.1) is 7.11 Å². The highest BCUT2D eigenvalue weighted by atomic mass is 16.7. The van der Waals surface area contributed by atoms with Crippen LogP contribution in [-0.2, 0) is 28.8 Å². The Kier molecular flexibility index (Phi) is 15.5. The van der Waals surface area contributed by atoms with Gasteiger partial charge in [0.1, 0.15) is 0 Å². The molecule has 1 aliphatic heterocycles. The number of hydroxylamine groups is 2. The highest BCUT2D eigenvalue weighted by Crippen LogP contribution is 2.15. The van der Waals surface area contributed by atoms with Gasteiger partial charge in [-0.1, -0.05) is 83.5 Å². The molecule has 1 rings (SSSR count). The van der Waals surface area contributed by atoms with Crippen molar-refractivity contribution in [3.05, 3.63) is 0 Å². The van der Waals surface area contributed by atoms with Crippen LogP contribution in [-0.4, -0.2) is 35.9 Å². The van der Waals surface area contributed by atoms with Gasteiger partial charge >= 0.3 is 11.9 Å². The van der Waals surface area contributed by atoms with Crippen LogP contribution < -0.4 is 0 Å². The molecule has 0 saturated carbocycles. The van der Waals surface area contributed by atoms with Gasteiger partial charge in [-0.3, -0.25) is 14.4 Å². The minimum Gasteiger partial charge on any atom is -0.469 e. The molecule has 1 heterocycles. The van der Waals surface area contributed by atoms with Crippen LogP contribution in [0.15, 0.2) is 0 Å². The minimum atomic E-state index is -0.496. The molecular formula is C24H41NO6. The van der Waals surface area contributed by atoms with Gasteiger partial charge in [0, 0.05) is 25.7 Å². The van der Waals surface area contributed by atoms with E-state index in [2.05, 4.69) is 4.74 Å². The summed E-state index contributed by atoms with van der Waals surface area (Å²) in [5, 5.41) is 0.621. The first-order chi connectivity index (χ1) is 15.0. The molecule has 0 radical (unpaired) electrons. The van der Waals surface area contributed by atoms with Crippen molar-refractivity contribution in [3.8, 4) is 0 Å². The number of hydrogen-bond donors (Lipinski definition) is 0. The van der Waals surface area contributed by atoms with Crippen LogP contribution in [0.3, 0.4) is 0 Å². The summed E-state index contributed by atoms with van der Waals surface area (Å²) < 4.78 is 4.63. The number of carbonyl (C=O) groups is 4. The fourth-order valence-corrected chi connectivity index (χ4v) is 3.74. The molecule has 0 aromatic carbocycles. The maximum Gasteiger partial charge on any atom is 0.333 e. The second-order valence-electron chi connectivity index (χ2n) is 8.42. The molecule has 178 valence electrons. The van der Waals surface area contributed by atoms with Crippen molar-refractivity contribution in [2.75, 3.05) is 7.11 Å². The zero-order valence-corrected chi connectivity index (χ0v) is 19.3. The lowest BCUT2D eigenvalue weighted by Crippen LogP contribution is -2.31. The summed E-state index contributed by atoms with van der Waals surface area (Å²) in [5.74, 6) is -1.45. The first-order valence-electron chi connectivity index (χ1n) is 12.2. The fourth-order valence-electron chi connectivity index (χ4n) is 3.74. The number of methoxy groups -OCH3 is 1. The molecule has 7 heteroatoms. The van der Waals surface area contributed by atoms with E-state index in [0.29, 0.717) is 11.5 Å². The third-order valence-corrected chi connectivity index (χ3v) is 5.69. The predicted octanol–water partition coefficient (Wildman–Crippen LogP) is 5.40. The molecule has 1 saturated heterocycles. The Balaban J connectivity index is 1.77. The number of imide groups is 1. The topological polar surface area (TPSA) is 90.0 Å². The zero-order valence-electron chi connectivity index (χ0n) is 19.3. The van der Waals surface area contributed by atoms with Crippen LogP contribution in [0.1, 0.15) is 122 Å². The van der Waals surface area contributed by atoms with E-state index in [1.54, 1.807) is 0 Å². The summed E-state index contributed by atoms with van der Waals surface area (Å²) in [6, 6.07) is 0. The normalized spacial score (nSPS) is 13.6. The number of hydrogen-bond acceptors (Lipinski definition) is 6. The highest BCUT2D eigenvalue weighted by Gasteiger charge is 2.32. The zero-order chi connectivity index (χ0) is 22.7. The Labute approximate surface area is 187 Å². The van der Waals surface area contributed by atoms with E-state index in [0.717, 1.165) is 32.1 Å². The molecule has 31 heavy (non-hydrogen) atoms. The first kappa shape index (κ1) is 27.1. The van der Waals surface area contributed by atoms with Gasteiger partial charge in [0.15, 0.2) is 0 Å². The lowest BCUT2D eigenvalue weighted by molar-refractivity contribution is -0.197. The summed E-state index contributed by atoms with van der Waals surface area (Å²) in [6.07, 6.45) is 18.6. The Bertz CT molecular complexity index is 532. The Morgan fingerprint density at radius 2 is 0.935 bits per heavy atom. The average Bonchev–Trinajstić information content (AvgIpc) is 3.07. The molecule has 0 aromatic rings. The van der Waals surface area contributed by atoms with Gasteiger partial charge in [-0.25, -0.2) is 4.79 Å². The van der Waals surface area contributed by atoms with E-state index >= 15 is 0 Å². The van der Waals surface area contributed by atoms with Gasteiger partial charge < -0.3 is 9.57 Å². The molecule has 0 aromatic heterocycles. The van der Waals surface area contributed by atoms with Crippen molar-refractivity contribution in [1.82, 2.24) is 5.06 Å². The van der Waals surface area contributed by atoms with Gasteiger partial charge in [-0.2, -0.15) is 0 Å². The lowest BCUT2D eigenvalue weighted by atomic mass is 10.0. The van der Waals surface area contributed by atoms with Crippen molar-refractivity contribution in [1.29, 1.82) is 0 Å². The number of ether oxygens (including phenoxy) is 1. The predicted molar refractivity (Wildman–Crippen MR) is 118 cm³/mol. The molecule has 0 bridgehead atoms. The van der Waals surface area contributed by atoms with Crippen molar-refractivity contribution in [3.63, 3.8) is 0 Å².